The Morgan fingerprint density at radius 3 is 2.58 bits per heavy atom. The third-order valence-electron chi connectivity index (χ3n) is 3.85. The van der Waals surface area contributed by atoms with E-state index in [9.17, 15) is 19.2 Å². The Bertz CT molecular complexity index is 820. The van der Waals surface area contributed by atoms with E-state index in [1.807, 2.05) is 6.07 Å². The van der Waals surface area contributed by atoms with Crippen LogP contribution >= 0.6 is 0 Å². The number of aromatic nitrogens is 1. The largest absolute Gasteiger partial charge is 0.481 e. The second-order valence-corrected chi connectivity index (χ2v) is 5.50. The Kier molecular flexibility index (Phi) is 4.69. The van der Waals surface area contributed by atoms with Crippen molar-refractivity contribution in [1.29, 1.82) is 5.26 Å². The molecule has 2 N–H and O–H groups in total. The number of aryl methyl sites for hydroxylation is 2. The normalized spacial score (nSPS) is 16.9. The number of amides is 3. The summed E-state index contributed by atoms with van der Waals surface area (Å²) >= 11 is 0. The number of carbonyl (C=O) groups is 3. The first-order valence-corrected chi connectivity index (χ1v) is 7.21. The van der Waals surface area contributed by atoms with E-state index in [0.29, 0.717) is 11.3 Å². The topological polar surface area (TPSA) is 132 Å². The average Bonchev–Trinajstić information content (AvgIpc) is 2.73. The Hall–Kier alpha value is -3.15. The van der Waals surface area contributed by atoms with Crippen LogP contribution in [0.5, 0.6) is 0 Å². The van der Waals surface area contributed by atoms with Crippen molar-refractivity contribution in [3.8, 4) is 6.07 Å². The van der Waals surface area contributed by atoms with Crippen LogP contribution in [0.1, 0.15) is 23.2 Å². The van der Waals surface area contributed by atoms with E-state index in [1.165, 1.54) is 4.57 Å². The molecule has 0 aliphatic carbocycles. The summed E-state index contributed by atoms with van der Waals surface area (Å²) in [5.41, 5.74) is 0.698. The summed E-state index contributed by atoms with van der Waals surface area (Å²) in [5, 5.41) is 20.1. The van der Waals surface area contributed by atoms with Crippen molar-refractivity contribution in [3.05, 3.63) is 33.2 Å². The molecular formula is C15H16N4O5. The molecule has 0 bridgehead atoms. The molecular weight excluding hydrogens is 316 g/mol. The average molecular weight is 332 g/mol. The van der Waals surface area contributed by atoms with Crippen LogP contribution in [0, 0.1) is 25.2 Å². The number of hydrogen-bond donors (Lipinski definition) is 2. The van der Waals surface area contributed by atoms with Gasteiger partial charge >= 0.3 is 12.0 Å². The maximum Gasteiger partial charge on any atom is 0.324 e. The first-order valence-electron chi connectivity index (χ1n) is 7.21. The fourth-order valence-corrected chi connectivity index (χ4v) is 2.64. The summed E-state index contributed by atoms with van der Waals surface area (Å²) in [7, 11) is 0. The standard InChI is InChI=1S/C15H16N4O5/c1-8-5-9(2)18(13(22)10(8)7-16)3-4-19-14(23)11(6-12(20)21)17-15(19)24/h5,11H,3-4,6H2,1-2H3,(H,17,24)(H,20,21)/t11-/m0/s1. The van der Waals surface area contributed by atoms with Crippen molar-refractivity contribution in [3.63, 3.8) is 0 Å². The zero-order valence-corrected chi connectivity index (χ0v) is 13.2. The molecule has 1 aromatic rings. The second kappa shape index (κ2) is 6.54. The van der Waals surface area contributed by atoms with Crippen LogP contribution in [0.25, 0.3) is 0 Å². The molecule has 0 spiro atoms. The maximum absolute atomic E-state index is 12.3. The summed E-state index contributed by atoms with van der Waals surface area (Å²) in [6.45, 7) is 3.29. The van der Waals surface area contributed by atoms with Crippen molar-refractivity contribution in [1.82, 2.24) is 14.8 Å². The van der Waals surface area contributed by atoms with E-state index >= 15 is 0 Å². The highest BCUT2D eigenvalue weighted by molar-refractivity contribution is 6.05. The zero-order valence-electron chi connectivity index (χ0n) is 13.2. The van der Waals surface area contributed by atoms with Crippen molar-refractivity contribution in [2.45, 2.75) is 32.9 Å². The highest BCUT2D eigenvalue weighted by Crippen LogP contribution is 2.11. The number of imide groups is 1. The molecule has 126 valence electrons. The Morgan fingerprint density at radius 2 is 2.00 bits per heavy atom. The number of pyridine rings is 1. The number of nitrogens with one attached hydrogen (secondary N) is 1. The maximum atomic E-state index is 12.3. The molecule has 1 saturated heterocycles. The van der Waals surface area contributed by atoms with E-state index in [0.717, 1.165) is 4.90 Å². The van der Waals surface area contributed by atoms with Crippen LogP contribution in [0.3, 0.4) is 0 Å². The van der Waals surface area contributed by atoms with Gasteiger partial charge in [-0.25, -0.2) is 4.79 Å². The first-order chi connectivity index (χ1) is 11.3. The molecule has 2 heterocycles. The molecule has 0 saturated carbocycles. The molecule has 1 aliphatic heterocycles. The fourth-order valence-electron chi connectivity index (χ4n) is 2.64. The molecule has 9 nitrogen and oxygen atoms in total. The van der Waals surface area contributed by atoms with Gasteiger partial charge in [-0.05, 0) is 25.5 Å². The number of aliphatic carboxylic acids is 1. The molecule has 1 aromatic heterocycles. The Morgan fingerprint density at radius 1 is 1.33 bits per heavy atom. The minimum absolute atomic E-state index is 0.0153. The molecule has 0 aromatic carbocycles. The highest BCUT2D eigenvalue weighted by atomic mass is 16.4. The number of carboxylic acids is 1. The van der Waals surface area contributed by atoms with E-state index < -0.39 is 35.9 Å². The zero-order chi connectivity index (χ0) is 18.0. The summed E-state index contributed by atoms with van der Waals surface area (Å²) in [5.74, 6) is -1.83. The van der Waals surface area contributed by atoms with Gasteiger partial charge in [-0.2, -0.15) is 5.26 Å². The molecule has 1 atom stereocenters. The molecule has 1 aliphatic rings. The van der Waals surface area contributed by atoms with Crippen molar-refractivity contribution in [2.24, 2.45) is 0 Å². The van der Waals surface area contributed by atoms with Gasteiger partial charge in [-0.1, -0.05) is 0 Å². The van der Waals surface area contributed by atoms with Crippen LogP contribution in [0.2, 0.25) is 0 Å². The van der Waals surface area contributed by atoms with Crippen LogP contribution in [0.4, 0.5) is 4.79 Å². The van der Waals surface area contributed by atoms with E-state index in [4.69, 9.17) is 10.4 Å². The van der Waals surface area contributed by atoms with Gasteiger partial charge in [0.2, 0.25) is 0 Å². The van der Waals surface area contributed by atoms with Gasteiger partial charge in [0, 0.05) is 18.8 Å². The minimum atomic E-state index is -1.19. The molecule has 1 fully saturated rings. The van der Waals surface area contributed by atoms with Crippen LogP contribution in [-0.2, 0) is 16.1 Å². The van der Waals surface area contributed by atoms with Gasteiger partial charge in [-0.15, -0.1) is 0 Å². The third kappa shape index (κ3) is 3.12. The summed E-state index contributed by atoms with van der Waals surface area (Å²) in [6.07, 6.45) is -0.497. The molecule has 3 amide bonds. The van der Waals surface area contributed by atoms with Crippen LogP contribution < -0.4 is 10.9 Å². The van der Waals surface area contributed by atoms with Crippen LogP contribution in [-0.4, -0.2) is 45.1 Å². The molecule has 0 radical (unpaired) electrons. The van der Waals surface area contributed by atoms with E-state index in [2.05, 4.69) is 5.32 Å². The third-order valence-corrected chi connectivity index (χ3v) is 3.85. The Labute approximate surface area is 137 Å². The lowest BCUT2D eigenvalue weighted by atomic mass is 10.1. The molecule has 9 heteroatoms. The number of carboxylic acid groups (broad SMARTS) is 1. The predicted octanol–water partition coefficient (Wildman–Crippen LogP) is -0.268. The second-order valence-electron chi connectivity index (χ2n) is 5.50. The monoisotopic (exact) mass is 332 g/mol. The van der Waals surface area contributed by atoms with Crippen molar-refractivity contribution in [2.75, 3.05) is 6.54 Å². The van der Waals surface area contributed by atoms with Crippen LogP contribution in [0.15, 0.2) is 10.9 Å². The van der Waals surface area contributed by atoms with Crippen molar-refractivity contribution >= 4 is 17.9 Å². The van der Waals surface area contributed by atoms with Gasteiger partial charge in [-0.3, -0.25) is 19.3 Å². The molecule has 0 unspecified atom stereocenters. The van der Waals surface area contributed by atoms with E-state index in [1.54, 1.807) is 19.9 Å². The smallest absolute Gasteiger partial charge is 0.324 e. The number of hydrogen-bond acceptors (Lipinski definition) is 5. The molecule has 2 rings (SSSR count). The number of nitriles is 1. The SMILES string of the molecule is Cc1cc(C)n(CCN2C(=O)N[C@@H](CC(=O)O)C2=O)c(=O)c1C#N. The van der Waals surface area contributed by atoms with E-state index in [-0.39, 0.29) is 18.7 Å². The van der Waals surface area contributed by atoms with Gasteiger partial charge < -0.3 is 15.0 Å². The fraction of sp³-hybridized carbons (Fsp3) is 0.400. The summed E-state index contributed by atoms with van der Waals surface area (Å²) < 4.78 is 1.32. The summed E-state index contributed by atoms with van der Waals surface area (Å²) in [4.78, 5) is 47.7. The lowest BCUT2D eigenvalue weighted by Crippen LogP contribution is -2.37. The summed E-state index contributed by atoms with van der Waals surface area (Å²) in [6, 6.07) is 1.74. The number of carbonyl (C=O) groups excluding carboxylic acids is 2. The molecule has 24 heavy (non-hydrogen) atoms. The number of rotatable bonds is 5. The van der Waals surface area contributed by atoms with Crippen molar-refractivity contribution < 1.29 is 19.5 Å². The number of nitrogens with zero attached hydrogens (tertiary/aromatic N) is 3. The highest BCUT2D eigenvalue weighted by Gasteiger charge is 2.38. The van der Waals surface area contributed by atoms with Gasteiger partial charge in [0.1, 0.15) is 17.7 Å². The predicted molar refractivity (Wildman–Crippen MR) is 81.2 cm³/mol. The van der Waals surface area contributed by atoms with Gasteiger partial charge in [0.05, 0.1) is 6.42 Å². The van der Waals surface area contributed by atoms with Gasteiger partial charge in [0.25, 0.3) is 11.5 Å². The Balaban J connectivity index is 2.19. The lowest BCUT2D eigenvalue weighted by molar-refractivity contribution is -0.140. The van der Waals surface area contributed by atoms with Gasteiger partial charge in [0.15, 0.2) is 0 Å². The lowest BCUT2D eigenvalue weighted by Gasteiger charge is -2.16. The number of urea groups is 1. The first kappa shape index (κ1) is 17.2. The quantitative estimate of drug-likeness (QED) is 0.713. The minimum Gasteiger partial charge on any atom is -0.481 e.